The van der Waals surface area contributed by atoms with Gasteiger partial charge in [-0.15, -0.1) is 0 Å². The number of halogens is 3. The van der Waals surface area contributed by atoms with Crippen molar-refractivity contribution in [3.05, 3.63) is 48.0 Å². The number of ether oxygens (including phenoxy) is 1. The van der Waals surface area contributed by atoms with Crippen molar-refractivity contribution in [1.29, 1.82) is 0 Å². The number of nitrogens with one attached hydrogen (secondary N) is 1. The van der Waals surface area contributed by atoms with Gasteiger partial charge in [0.15, 0.2) is 0 Å². The Morgan fingerprint density at radius 1 is 1.29 bits per heavy atom. The molecular weight excluding hydrogens is 283 g/mol. The minimum atomic E-state index is -4.39. The van der Waals surface area contributed by atoms with Crippen LogP contribution in [0.5, 0.6) is 5.75 Å². The molecular formula is C14H16F3N3O. The van der Waals surface area contributed by atoms with E-state index in [4.69, 9.17) is 4.74 Å². The second-order valence-corrected chi connectivity index (χ2v) is 4.58. The van der Waals surface area contributed by atoms with E-state index in [-0.39, 0.29) is 12.1 Å². The van der Waals surface area contributed by atoms with Crippen LogP contribution in [0.2, 0.25) is 0 Å². The van der Waals surface area contributed by atoms with Crippen LogP contribution in [-0.2, 0) is 13.6 Å². The fraction of sp³-hybridized carbons (Fsp3) is 0.357. The van der Waals surface area contributed by atoms with E-state index in [9.17, 15) is 13.2 Å². The summed E-state index contributed by atoms with van der Waals surface area (Å²) in [6.45, 7) is 0.0275. The SMILES string of the molecule is COc1ccc(C(NCc2nccn2C)C(F)(F)F)cc1. The average Bonchev–Trinajstić information content (AvgIpc) is 2.84. The highest BCUT2D eigenvalue weighted by molar-refractivity contribution is 5.29. The molecule has 21 heavy (non-hydrogen) atoms. The molecule has 1 aromatic carbocycles. The second kappa shape index (κ2) is 6.17. The Kier molecular flexibility index (Phi) is 4.52. The summed E-state index contributed by atoms with van der Waals surface area (Å²) in [6.07, 6.45) is -1.15. The number of aromatic nitrogens is 2. The fourth-order valence-corrected chi connectivity index (χ4v) is 1.98. The molecule has 114 valence electrons. The number of methoxy groups -OCH3 is 1. The van der Waals surface area contributed by atoms with Crippen LogP contribution >= 0.6 is 0 Å². The van der Waals surface area contributed by atoms with Crippen LogP contribution in [0.25, 0.3) is 0 Å². The predicted molar refractivity (Wildman–Crippen MR) is 71.8 cm³/mol. The molecule has 0 aliphatic heterocycles. The van der Waals surface area contributed by atoms with Crippen molar-refractivity contribution < 1.29 is 17.9 Å². The van der Waals surface area contributed by atoms with E-state index in [1.807, 2.05) is 0 Å². The van der Waals surface area contributed by atoms with Crippen LogP contribution < -0.4 is 10.1 Å². The Morgan fingerprint density at radius 3 is 2.43 bits per heavy atom. The van der Waals surface area contributed by atoms with Crippen molar-refractivity contribution in [3.63, 3.8) is 0 Å². The lowest BCUT2D eigenvalue weighted by Crippen LogP contribution is -2.34. The van der Waals surface area contributed by atoms with Gasteiger partial charge in [-0.2, -0.15) is 13.2 Å². The zero-order chi connectivity index (χ0) is 15.5. The third-order valence-electron chi connectivity index (χ3n) is 3.16. The number of alkyl halides is 3. The highest BCUT2D eigenvalue weighted by Crippen LogP contribution is 2.33. The molecule has 4 nitrogen and oxygen atoms in total. The summed E-state index contributed by atoms with van der Waals surface area (Å²) in [5, 5.41) is 2.51. The molecule has 0 saturated carbocycles. The summed E-state index contributed by atoms with van der Waals surface area (Å²) in [5.41, 5.74) is 0.137. The molecule has 2 rings (SSSR count). The van der Waals surface area contributed by atoms with E-state index in [0.717, 1.165) is 0 Å². The van der Waals surface area contributed by atoms with Gasteiger partial charge in [-0.05, 0) is 17.7 Å². The van der Waals surface area contributed by atoms with Crippen LogP contribution in [0, 0.1) is 0 Å². The van der Waals surface area contributed by atoms with E-state index in [1.54, 1.807) is 24.0 Å². The van der Waals surface area contributed by atoms with E-state index < -0.39 is 12.2 Å². The number of hydrogen-bond acceptors (Lipinski definition) is 3. The van der Waals surface area contributed by atoms with Crippen LogP contribution in [-0.4, -0.2) is 22.8 Å². The zero-order valence-corrected chi connectivity index (χ0v) is 11.7. The molecule has 0 saturated heterocycles. The average molecular weight is 299 g/mol. The summed E-state index contributed by atoms with van der Waals surface area (Å²) in [7, 11) is 3.20. The molecule has 0 aliphatic carbocycles. The van der Waals surface area contributed by atoms with Crippen molar-refractivity contribution in [3.8, 4) is 5.75 Å². The summed E-state index contributed by atoms with van der Waals surface area (Å²) in [6, 6.07) is 4.08. The van der Waals surface area contributed by atoms with Gasteiger partial charge in [0.2, 0.25) is 0 Å². The molecule has 7 heteroatoms. The van der Waals surface area contributed by atoms with Crippen molar-refractivity contribution in [2.45, 2.75) is 18.8 Å². The zero-order valence-electron chi connectivity index (χ0n) is 11.7. The first kappa shape index (κ1) is 15.4. The number of imidazole rings is 1. The highest BCUT2D eigenvalue weighted by Gasteiger charge is 2.40. The van der Waals surface area contributed by atoms with Crippen molar-refractivity contribution in [2.24, 2.45) is 7.05 Å². The summed E-state index contributed by atoms with van der Waals surface area (Å²) >= 11 is 0. The molecule has 0 fully saturated rings. The molecule has 2 aromatic rings. The number of nitrogens with zero attached hydrogens (tertiary/aromatic N) is 2. The lowest BCUT2D eigenvalue weighted by Gasteiger charge is -2.22. The van der Waals surface area contributed by atoms with Gasteiger partial charge in [0.1, 0.15) is 17.6 Å². The first-order chi connectivity index (χ1) is 9.91. The fourth-order valence-electron chi connectivity index (χ4n) is 1.98. The smallest absolute Gasteiger partial charge is 0.407 e. The number of rotatable bonds is 5. The normalized spacial score (nSPS) is 13.2. The lowest BCUT2D eigenvalue weighted by molar-refractivity contribution is -0.158. The Labute approximate surface area is 120 Å². The maximum absolute atomic E-state index is 13.2. The van der Waals surface area contributed by atoms with Crippen LogP contribution in [0.3, 0.4) is 0 Å². The molecule has 1 N–H and O–H groups in total. The lowest BCUT2D eigenvalue weighted by atomic mass is 10.1. The summed E-state index contributed by atoms with van der Waals surface area (Å²) < 4.78 is 46.2. The number of benzene rings is 1. The standard InChI is InChI=1S/C14H16F3N3O/c1-20-8-7-18-12(20)9-19-13(14(15,16)17)10-3-5-11(21-2)6-4-10/h3-8,13,19H,9H2,1-2H3. The van der Waals surface area contributed by atoms with E-state index in [2.05, 4.69) is 10.3 Å². The molecule has 0 amide bonds. The van der Waals surface area contributed by atoms with E-state index in [0.29, 0.717) is 11.6 Å². The van der Waals surface area contributed by atoms with Crippen molar-refractivity contribution >= 4 is 0 Å². The summed E-state index contributed by atoms with van der Waals surface area (Å²) in [4.78, 5) is 4.00. The maximum Gasteiger partial charge on any atom is 0.407 e. The number of aryl methyl sites for hydroxylation is 1. The topological polar surface area (TPSA) is 39.1 Å². The minimum absolute atomic E-state index is 0.0275. The molecule has 0 bridgehead atoms. The van der Waals surface area contributed by atoms with Gasteiger partial charge in [-0.25, -0.2) is 4.98 Å². The Balaban J connectivity index is 2.16. The first-order valence-electron chi connectivity index (χ1n) is 6.32. The van der Waals surface area contributed by atoms with Crippen LogP contribution in [0.4, 0.5) is 13.2 Å². The van der Waals surface area contributed by atoms with Gasteiger partial charge >= 0.3 is 6.18 Å². The third-order valence-corrected chi connectivity index (χ3v) is 3.16. The maximum atomic E-state index is 13.2. The molecule has 1 heterocycles. The monoisotopic (exact) mass is 299 g/mol. The van der Waals surface area contributed by atoms with Crippen molar-refractivity contribution in [1.82, 2.24) is 14.9 Å². The van der Waals surface area contributed by atoms with Crippen molar-refractivity contribution in [2.75, 3.05) is 7.11 Å². The van der Waals surface area contributed by atoms with Gasteiger partial charge < -0.3 is 9.30 Å². The molecule has 1 aromatic heterocycles. The second-order valence-electron chi connectivity index (χ2n) is 4.58. The molecule has 0 spiro atoms. The minimum Gasteiger partial charge on any atom is -0.497 e. The third kappa shape index (κ3) is 3.75. The predicted octanol–water partition coefficient (Wildman–Crippen LogP) is 2.82. The van der Waals surface area contributed by atoms with Gasteiger partial charge in [0, 0.05) is 19.4 Å². The van der Waals surface area contributed by atoms with Gasteiger partial charge in [0.05, 0.1) is 13.7 Å². The highest BCUT2D eigenvalue weighted by atomic mass is 19.4. The van der Waals surface area contributed by atoms with Gasteiger partial charge in [-0.1, -0.05) is 12.1 Å². The number of hydrogen-bond donors (Lipinski definition) is 1. The molecule has 1 unspecified atom stereocenters. The van der Waals surface area contributed by atoms with Crippen LogP contribution in [0.1, 0.15) is 17.4 Å². The Morgan fingerprint density at radius 2 is 1.95 bits per heavy atom. The quantitative estimate of drug-likeness (QED) is 0.922. The Bertz CT molecular complexity index is 578. The first-order valence-corrected chi connectivity index (χ1v) is 6.32. The van der Waals surface area contributed by atoms with Gasteiger partial charge in [0.25, 0.3) is 0 Å². The molecule has 0 aliphatic rings. The Hall–Kier alpha value is -2.02. The van der Waals surface area contributed by atoms with E-state index >= 15 is 0 Å². The molecule has 1 atom stereocenters. The van der Waals surface area contributed by atoms with Gasteiger partial charge in [-0.3, -0.25) is 5.32 Å². The van der Waals surface area contributed by atoms with E-state index in [1.165, 1.54) is 31.4 Å². The molecule has 0 radical (unpaired) electrons. The largest absolute Gasteiger partial charge is 0.497 e. The summed E-state index contributed by atoms with van der Waals surface area (Å²) in [5.74, 6) is 1.06. The van der Waals surface area contributed by atoms with Crippen LogP contribution in [0.15, 0.2) is 36.7 Å².